The third-order valence-electron chi connectivity index (χ3n) is 5.39. The van der Waals surface area contributed by atoms with Crippen LogP contribution in [0.15, 0.2) is 42.7 Å². The van der Waals surface area contributed by atoms with E-state index in [1.165, 1.54) is 22.7 Å². The molecule has 1 saturated heterocycles. The van der Waals surface area contributed by atoms with E-state index in [1.54, 1.807) is 18.2 Å². The zero-order chi connectivity index (χ0) is 21.3. The van der Waals surface area contributed by atoms with Crippen LogP contribution in [-0.2, 0) is 12.6 Å². The highest BCUT2D eigenvalue weighted by molar-refractivity contribution is 5.92. The first-order valence-electron chi connectivity index (χ1n) is 9.61. The summed E-state index contributed by atoms with van der Waals surface area (Å²) >= 11 is 0. The van der Waals surface area contributed by atoms with Crippen molar-refractivity contribution in [2.45, 2.75) is 12.6 Å². The van der Waals surface area contributed by atoms with Gasteiger partial charge in [-0.05, 0) is 30.2 Å². The van der Waals surface area contributed by atoms with Crippen LogP contribution in [0.1, 0.15) is 21.6 Å². The first kappa shape index (κ1) is 20.3. The Morgan fingerprint density at radius 3 is 2.37 bits per heavy atom. The molecule has 3 heterocycles. The summed E-state index contributed by atoms with van der Waals surface area (Å²) in [5.74, 6) is -0.254. The largest absolute Gasteiger partial charge is 0.434 e. The SMILES string of the molecule is O=Cc1c(N2CCN(CCc3ccc(F)cc3)CC2)ccn2cc(C(F)(F)F)nc12. The van der Waals surface area contributed by atoms with E-state index in [2.05, 4.69) is 9.88 Å². The molecule has 0 atom stereocenters. The van der Waals surface area contributed by atoms with E-state index < -0.39 is 11.9 Å². The predicted molar refractivity (Wildman–Crippen MR) is 104 cm³/mol. The molecule has 0 N–H and O–H groups in total. The predicted octanol–water partition coefficient (Wildman–Crippen LogP) is 3.67. The highest BCUT2D eigenvalue weighted by atomic mass is 19.4. The summed E-state index contributed by atoms with van der Waals surface area (Å²) in [6.07, 6.45) is -0.804. The van der Waals surface area contributed by atoms with Gasteiger partial charge < -0.3 is 9.30 Å². The van der Waals surface area contributed by atoms with Gasteiger partial charge in [-0.3, -0.25) is 9.69 Å². The second-order valence-corrected chi connectivity index (χ2v) is 7.29. The molecule has 30 heavy (non-hydrogen) atoms. The fraction of sp³-hybridized carbons (Fsp3) is 0.333. The maximum Gasteiger partial charge on any atom is 0.434 e. The van der Waals surface area contributed by atoms with E-state index >= 15 is 0 Å². The van der Waals surface area contributed by atoms with Gasteiger partial charge in [0.2, 0.25) is 0 Å². The standard InChI is InChI=1S/C21H20F4N4O/c22-16-3-1-15(2-4-16)5-7-27-9-11-28(12-10-27)18-6-8-29-13-19(21(23,24)25)26-20(29)17(18)14-30/h1-4,6,8,13-14H,5,7,9-12H2. The van der Waals surface area contributed by atoms with Crippen LogP contribution in [0.3, 0.4) is 0 Å². The molecule has 158 valence electrons. The number of fused-ring (bicyclic) bond motifs is 1. The third-order valence-corrected chi connectivity index (χ3v) is 5.39. The fourth-order valence-corrected chi connectivity index (χ4v) is 3.74. The Labute approximate surface area is 170 Å². The number of nitrogens with zero attached hydrogens (tertiary/aromatic N) is 4. The molecule has 0 saturated carbocycles. The van der Waals surface area contributed by atoms with Crippen LogP contribution in [0, 0.1) is 5.82 Å². The maximum absolute atomic E-state index is 13.0. The quantitative estimate of drug-likeness (QED) is 0.467. The lowest BCUT2D eigenvalue weighted by atomic mass is 10.1. The molecule has 0 bridgehead atoms. The summed E-state index contributed by atoms with van der Waals surface area (Å²) in [5, 5.41) is 0. The van der Waals surface area contributed by atoms with Crippen LogP contribution < -0.4 is 4.90 Å². The number of carbonyl (C=O) groups is 1. The van der Waals surface area contributed by atoms with Crippen molar-refractivity contribution < 1.29 is 22.4 Å². The molecule has 9 heteroatoms. The molecule has 0 spiro atoms. The number of rotatable bonds is 5. The zero-order valence-electron chi connectivity index (χ0n) is 16.1. The van der Waals surface area contributed by atoms with E-state index in [1.807, 2.05) is 4.90 Å². The number of pyridine rings is 1. The van der Waals surface area contributed by atoms with Gasteiger partial charge in [0.05, 0.1) is 11.3 Å². The molecule has 1 aromatic carbocycles. The molecular weight excluding hydrogens is 400 g/mol. The zero-order valence-corrected chi connectivity index (χ0v) is 16.1. The van der Waals surface area contributed by atoms with E-state index in [0.29, 0.717) is 25.1 Å². The Morgan fingerprint density at radius 1 is 1.03 bits per heavy atom. The van der Waals surface area contributed by atoms with Crippen LogP contribution in [0.2, 0.25) is 0 Å². The molecule has 0 amide bonds. The number of hydrogen-bond acceptors (Lipinski definition) is 4. The number of hydrogen-bond donors (Lipinski definition) is 0. The second-order valence-electron chi connectivity index (χ2n) is 7.29. The first-order valence-corrected chi connectivity index (χ1v) is 9.61. The second kappa shape index (κ2) is 8.06. The fourth-order valence-electron chi connectivity index (χ4n) is 3.74. The van der Waals surface area contributed by atoms with E-state index in [0.717, 1.165) is 37.8 Å². The van der Waals surface area contributed by atoms with Gasteiger partial charge in [-0.15, -0.1) is 0 Å². The molecule has 0 radical (unpaired) electrons. The highest BCUT2D eigenvalue weighted by Gasteiger charge is 2.34. The lowest BCUT2D eigenvalue weighted by Crippen LogP contribution is -2.47. The number of benzene rings is 1. The van der Waals surface area contributed by atoms with Crippen molar-refractivity contribution in [1.82, 2.24) is 14.3 Å². The number of alkyl halides is 3. The van der Waals surface area contributed by atoms with Gasteiger partial charge >= 0.3 is 6.18 Å². The normalized spacial score (nSPS) is 15.7. The Hall–Kier alpha value is -2.94. The van der Waals surface area contributed by atoms with Gasteiger partial charge in [0.15, 0.2) is 12.0 Å². The molecule has 1 aliphatic heterocycles. The summed E-state index contributed by atoms with van der Waals surface area (Å²) in [5.41, 5.74) is 0.803. The van der Waals surface area contributed by atoms with E-state index in [-0.39, 0.29) is 17.0 Å². The van der Waals surface area contributed by atoms with Crippen LogP contribution in [0.25, 0.3) is 5.65 Å². The first-order chi connectivity index (χ1) is 14.3. The van der Waals surface area contributed by atoms with E-state index in [4.69, 9.17) is 0 Å². The van der Waals surface area contributed by atoms with Crippen LogP contribution >= 0.6 is 0 Å². The number of carbonyl (C=O) groups excluding carboxylic acids is 1. The lowest BCUT2D eigenvalue weighted by Gasteiger charge is -2.36. The number of piperazine rings is 1. The van der Waals surface area contributed by atoms with E-state index in [9.17, 15) is 22.4 Å². The Bertz CT molecular complexity index is 1040. The molecule has 1 aliphatic rings. The summed E-state index contributed by atoms with van der Waals surface area (Å²) in [6.45, 7) is 3.63. The Morgan fingerprint density at radius 2 is 1.73 bits per heavy atom. The van der Waals surface area contributed by atoms with Crippen molar-refractivity contribution in [3.8, 4) is 0 Å². The van der Waals surface area contributed by atoms with Crippen molar-refractivity contribution in [1.29, 1.82) is 0 Å². The molecule has 4 rings (SSSR count). The molecule has 0 unspecified atom stereocenters. The Balaban J connectivity index is 1.45. The average molecular weight is 420 g/mol. The Kier molecular flexibility index (Phi) is 5.46. The lowest BCUT2D eigenvalue weighted by molar-refractivity contribution is -0.140. The van der Waals surface area contributed by atoms with Crippen LogP contribution in [-0.4, -0.2) is 53.3 Å². The third kappa shape index (κ3) is 4.16. The molecule has 0 aliphatic carbocycles. The molecular formula is C21H20F4N4O. The summed E-state index contributed by atoms with van der Waals surface area (Å²) in [6, 6.07) is 8.11. The van der Waals surface area contributed by atoms with Gasteiger partial charge in [-0.2, -0.15) is 13.2 Å². The van der Waals surface area contributed by atoms with Crippen molar-refractivity contribution >= 4 is 17.6 Å². The minimum Gasteiger partial charge on any atom is -0.368 e. The molecule has 1 fully saturated rings. The number of aldehydes is 1. The number of imidazole rings is 1. The van der Waals surface area contributed by atoms with Gasteiger partial charge in [-0.25, -0.2) is 9.37 Å². The van der Waals surface area contributed by atoms with Gasteiger partial charge in [0, 0.05) is 45.1 Å². The van der Waals surface area contributed by atoms with Crippen LogP contribution in [0.5, 0.6) is 0 Å². The summed E-state index contributed by atoms with van der Waals surface area (Å²) in [7, 11) is 0. The average Bonchev–Trinajstić information content (AvgIpc) is 3.18. The molecule has 2 aromatic heterocycles. The summed E-state index contributed by atoms with van der Waals surface area (Å²) < 4.78 is 53.2. The number of halogens is 4. The topological polar surface area (TPSA) is 40.9 Å². The minimum atomic E-state index is -4.57. The van der Waals surface area contributed by atoms with Crippen molar-refractivity contribution in [2.24, 2.45) is 0 Å². The van der Waals surface area contributed by atoms with Crippen molar-refractivity contribution in [3.63, 3.8) is 0 Å². The van der Waals surface area contributed by atoms with Gasteiger partial charge in [-0.1, -0.05) is 12.1 Å². The number of aromatic nitrogens is 2. The maximum atomic E-state index is 13.0. The van der Waals surface area contributed by atoms with Gasteiger partial charge in [0.1, 0.15) is 11.5 Å². The molecule has 3 aromatic rings. The smallest absolute Gasteiger partial charge is 0.368 e. The highest BCUT2D eigenvalue weighted by Crippen LogP contribution is 2.31. The van der Waals surface area contributed by atoms with Crippen LogP contribution in [0.4, 0.5) is 23.2 Å². The van der Waals surface area contributed by atoms with Crippen molar-refractivity contribution in [3.05, 3.63) is 65.4 Å². The monoisotopic (exact) mass is 420 g/mol. The molecule has 5 nitrogen and oxygen atoms in total. The summed E-state index contributed by atoms with van der Waals surface area (Å²) in [4.78, 5) is 19.6. The van der Waals surface area contributed by atoms with Gasteiger partial charge in [0.25, 0.3) is 0 Å². The van der Waals surface area contributed by atoms with Crippen molar-refractivity contribution in [2.75, 3.05) is 37.6 Å². The minimum absolute atomic E-state index is 0.00793. The number of anilines is 1.